The third-order valence-corrected chi connectivity index (χ3v) is 4.57. The summed E-state index contributed by atoms with van der Waals surface area (Å²) in [5.74, 6) is 1.42. The number of aromatic nitrogens is 1. The van der Waals surface area contributed by atoms with Crippen molar-refractivity contribution >= 4 is 14.2 Å². The van der Waals surface area contributed by atoms with Crippen LogP contribution < -0.4 is 4.90 Å². The quantitative estimate of drug-likeness (QED) is 0.785. The molecule has 0 amide bonds. The summed E-state index contributed by atoms with van der Waals surface area (Å²) in [5, 5.41) is 0. The normalized spacial score (nSPS) is 17.3. The Morgan fingerprint density at radius 3 is 2.48 bits per heavy atom. The summed E-state index contributed by atoms with van der Waals surface area (Å²) in [7, 11) is -1.75. The lowest BCUT2D eigenvalue weighted by Crippen LogP contribution is -2.35. The summed E-state index contributed by atoms with van der Waals surface area (Å²) in [6.45, 7) is 9.64. The van der Waals surface area contributed by atoms with E-state index in [4.69, 9.17) is 13.6 Å². The number of hydrogen-bond donors (Lipinski definition) is 0. The lowest BCUT2D eigenvalue weighted by Gasteiger charge is -2.26. The van der Waals surface area contributed by atoms with E-state index in [0.29, 0.717) is 5.89 Å². The fourth-order valence-electron chi connectivity index (χ4n) is 2.57. The molecular weight excluding hydrogens is 308 g/mol. The minimum Gasteiger partial charge on any atom is -0.422 e. The minimum atomic E-state index is -1.75. The maximum Gasteiger partial charge on any atom is 0.229 e. The van der Waals surface area contributed by atoms with Gasteiger partial charge in [-0.2, -0.15) is 0 Å². The van der Waals surface area contributed by atoms with Gasteiger partial charge in [0.1, 0.15) is 6.10 Å². The van der Waals surface area contributed by atoms with Gasteiger partial charge in [-0.15, -0.1) is 0 Å². The van der Waals surface area contributed by atoms with Gasteiger partial charge < -0.3 is 18.5 Å². The molecule has 0 spiro atoms. The van der Waals surface area contributed by atoms with Gasteiger partial charge in [-0.3, -0.25) is 0 Å². The molecule has 0 radical (unpaired) electrons. The van der Waals surface area contributed by atoms with E-state index < -0.39 is 8.32 Å². The Morgan fingerprint density at radius 1 is 1.13 bits per heavy atom. The molecule has 5 nitrogen and oxygen atoms in total. The van der Waals surface area contributed by atoms with Crippen LogP contribution in [-0.2, 0) is 9.16 Å². The van der Waals surface area contributed by atoms with Crippen molar-refractivity contribution < 1.29 is 13.6 Å². The van der Waals surface area contributed by atoms with Crippen LogP contribution in [-0.4, -0.2) is 39.6 Å². The Balaban J connectivity index is 1.86. The molecule has 0 aliphatic carbocycles. The Labute approximate surface area is 138 Å². The van der Waals surface area contributed by atoms with Crippen LogP contribution in [0.25, 0.3) is 0 Å². The van der Waals surface area contributed by atoms with E-state index in [1.54, 1.807) is 6.20 Å². The van der Waals surface area contributed by atoms with Gasteiger partial charge in [0.2, 0.25) is 11.8 Å². The summed E-state index contributed by atoms with van der Waals surface area (Å²) in [6.07, 6.45) is 1.54. The maximum atomic E-state index is 6.35. The Morgan fingerprint density at radius 2 is 1.83 bits per heavy atom. The summed E-state index contributed by atoms with van der Waals surface area (Å²) >= 11 is 0. The van der Waals surface area contributed by atoms with E-state index in [1.165, 1.54) is 0 Å². The molecule has 0 saturated carbocycles. The molecule has 1 saturated heterocycles. The zero-order valence-electron chi connectivity index (χ0n) is 14.0. The van der Waals surface area contributed by atoms with E-state index >= 15 is 0 Å². The summed E-state index contributed by atoms with van der Waals surface area (Å²) in [5.41, 5.74) is 1.07. The summed E-state index contributed by atoms with van der Waals surface area (Å²) < 4.78 is 17.8. The van der Waals surface area contributed by atoms with Crippen LogP contribution >= 0.6 is 0 Å². The zero-order valence-corrected chi connectivity index (χ0v) is 15.0. The van der Waals surface area contributed by atoms with Crippen molar-refractivity contribution in [3.05, 3.63) is 48.0 Å². The number of anilines is 1. The first-order chi connectivity index (χ1) is 11.0. The summed E-state index contributed by atoms with van der Waals surface area (Å²) in [4.78, 5) is 6.66. The zero-order chi connectivity index (χ0) is 16.3. The van der Waals surface area contributed by atoms with E-state index in [0.717, 1.165) is 37.8 Å². The molecule has 1 aliphatic rings. The van der Waals surface area contributed by atoms with Crippen LogP contribution in [0, 0.1) is 0 Å². The molecule has 6 heteroatoms. The van der Waals surface area contributed by atoms with Gasteiger partial charge in [-0.1, -0.05) is 30.3 Å². The fourth-order valence-corrected chi connectivity index (χ4v) is 3.52. The van der Waals surface area contributed by atoms with Crippen LogP contribution in [0.4, 0.5) is 5.88 Å². The van der Waals surface area contributed by atoms with Gasteiger partial charge in [-0.25, -0.2) is 4.98 Å². The molecule has 0 N–H and O–H groups in total. The van der Waals surface area contributed by atoms with Gasteiger partial charge in [-0.05, 0) is 25.2 Å². The lowest BCUT2D eigenvalue weighted by atomic mass is 10.1. The second kappa shape index (κ2) is 6.86. The number of benzene rings is 1. The van der Waals surface area contributed by atoms with Crippen molar-refractivity contribution in [1.29, 1.82) is 0 Å². The van der Waals surface area contributed by atoms with Gasteiger partial charge >= 0.3 is 0 Å². The topological polar surface area (TPSA) is 47.7 Å². The second-order valence-electron chi connectivity index (χ2n) is 6.66. The fraction of sp³-hybridized carbons (Fsp3) is 0.471. The molecular formula is C17H24N2O3Si. The number of oxazole rings is 1. The van der Waals surface area contributed by atoms with Crippen molar-refractivity contribution in [2.75, 3.05) is 31.2 Å². The van der Waals surface area contributed by atoms with Gasteiger partial charge in [0.05, 0.1) is 19.4 Å². The van der Waals surface area contributed by atoms with E-state index in [9.17, 15) is 0 Å². The minimum absolute atomic E-state index is 0.252. The smallest absolute Gasteiger partial charge is 0.229 e. The Kier molecular flexibility index (Phi) is 4.84. The van der Waals surface area contributed by atoms with Gasteiger partial charge in [0.15, 0.2) is 8.32 Å². The average molecular weight is 332 g/mol. The van der Waals surface area contributed by atoms with Crippen molar-refractivity contribution in [1.82, 2.24) is 4.98 Å². The van der Waals surface area contributed by atoms with Crippen LogP contribution in [0.15, 0.2) is 40.9 Å². The predicted molar refractivity (Wildman–Crippen MR) is 92.3 cm³/mol. The molecule has 1 aromatic heterocycles. The second-order valence-corrected chi connectivity index (χ2v) is 11.1. The number of nitrogens with zero attached hydrogens (tertiary/aromatic N) is 2. The molecule has 2 heterocycles. The molecule has 2 aromatic rings. The largest absolute Gasteiger partial charge is 0.422 e. The summed E-state index contributed by atoms with van der Waals surface area (Å²) in [6, 6.07) is 10.2. The van der Waals surface area contributed by atoms with Gasteiger partial charge in [0.25, 0.3) is 0 Å². The molecule has 124 valence electrons. The Bertz CT molecular complexity index is 618. The van der Waals surface area contributed by atoms with Crippen LogP contribution in [0.1, 0.15) is 17.6 Å². The molecule has 3 rings (SSSR count). The molecule has 23 heavy (non-hydrogen) atoms. The van der Waals surface area contributed by atoms with Gasteiger partial charge in [0, 0.05) is 13.1 Å². The van der Waals surface area contributed by atoms with E-state index in [-0.39, 0.29) is 6.10 Å². The van der Waals surface area contributed by atoms with Crippen molar-refractivity contribution in [2.45, 2.75) is 25.7 Å². The highest BCUT2D eigenvalue weighted by Crippen LogP contribution is 2.31. The highest BCUT2D eigenvalue weighted by atomic mass is 28.4. The Hall–Kier alpha value is -1.63. The highest BCUT2D eigenvalue weighted by Gasteiger charge is 2.28. The van der Waals surface area contributed by atoms with E-state index in [1.807, 2.05) is 18.2 Å². The maximum absolute atomic E-state index is 6.35. The third kappa shape index (κ3) is 4.22. The monoisotopic (exact) mass is 332 g/mol. The van der Waals surface area contributed by atoms with Crippen LogP contribution in [0.2, 0.25) is 19.6 Å². The molecule has 1 aromatic carbocycles. The molecule has 0 bridgehead atoms. The number of hydrogen-bond acceptors (Lipinski definition) is 5. The van der Waals surface area contributed by atoms with Crippen LogP contribution in [0.5, 0.6) is 0 Å². The first-order valence-electron chi connectivity index (χ1n) is 8.04. The first-order valence-corrected chi connectivity index (χ1v) is 11.4. The van der Waals surface area contributed by atoms with E-state index in [2.05, 4.69) is 41.7 Å². The standard InChI is InChI=1S/C17H24N2O3Si/c1-23(2,3)22-16(14-7-5-4-6-8-14)17-18-13-15(21-17)19-9-11-20-12-10-19/h4-8,13,16H,9-12H2,1-3H3. The highest BCUT2D eigenvalue weighted by molar-refractivity contribution is 6.69. The average Bonchev–Trinajstić information content (AvgIpc) is 3.03. The first kappa shape index (κ1) is 16.2. The van der Waals surface area contributed by atoms with Crippen LogP contribution in [0.3, 0.4) is 0 Å². The van der Waals surface area contributed by atoms with Crippen molar-refractivity contribution in [2.24, 2.45) is 0 Å². The lowest BCUT2D eigenvalue weighted by molar-refractivity contribution is 0.120. The molecule has 1 unspecified atom stereocenters. The van der Waals surface area contributed by atoms with Crippen molar-refractivity contribution in [3.8, 4) is 0 Å². The molecule has 1 aliphatic heterocycles. The predicted octanol–water partition coefficient (Wildman–Crippen LogP) is 3.45. The molecule has 1 atom stereocenters. The number of ether oxygens (including phenoxy) is 1. The van der Waals surface area contributed by atoms with Crippen molar-refractivity contribution in [3.63, 3.8) is 0 Å². The molecule has 1 fully saturated rings. The SMILES string of the molecule is C[Si](C)(C)OC(c1ccccc1)c1ncc(N2CCOCC2)o1. The number of morpholine rings is 1. The number of rotatable bonds is 5. The third-order valence-electron chi connectivity index (χ3n) is 3.63.